The topological polar surface area (TPSA) is 52.6 Å². The van der Waals surface area contributed by atoms with Crippen LogP contribution in [0.5, 0.6) is 5.75 Å². The number of aldehydes is 1. The summed E-state index contributed by atoms with van der Waals surface area (Å²) >= 11 is 1.19. The molecule has 4 nitrogen and oxygen atoms in total. The van der Waals surface area contributed by atoms with Crippen LogP contribution in [-0.2, 0) is 0 Å². The van der Waals surface area contributed by atoms with E-state index in [1.807, 2.05) is 12.1 Å². The molecule has 0 saturated carbocycles. The molecule has 3 rings (SSSR count). The lowest BCUT2D eigenvalue weighted by atomic mass is 10.2. The van der Waals surface area contributed by atoms with E-state index in [4.69, 9.17) is 0 Å². The first-order valence-corrected chi connectivity index (χ1v) is 8.24. The number of halogens is 1. The molecule has 0 bridgehead atoms. The highest BCUT2D eigenvalue weighted by Crippen LogP contribution is 2.29. The van der Waals surface area contributed by atoms with Crippen molar-refractivity contribution in [2.45, 2.75) is 17.7 Å². The van der Waals surface area contributed by atoms with Gasteiger partial charge in [-0.1, -0.05) is 0 Å². The predicted octanol–water partition coefficient (Wildman–Crippen LogP) is 4.06. The number of benzene rings is 2. The Morgan fingerprint density at radius 1 is 1.17 bits per heavy atom. The minimum atomic E-state index is -0.803. The second-order valence-electron chi connectivity index (χ2n) is 5.41. The van der Waals surface area contributed by atoms with E-state index in [9.17, 15) is 14.3 Å². The van der Waals surface area contributed by atoms with Crippen LogP contribution in [0.2, 0.25) is 0 Å². The fourth-order valence-corrected chi connectivity index (χ4v) is 3.30. The molecular formula is C17H17FN2O2S. The molecule has 0 spiro atoms. The van der Waals surface area contributed by atoms with E-state index < -0.39 is 11.6 Å². The monoisotopic (exact) mass is 332 g/mol. The fourth-order valence-electron chi connectivity index (χ4n) is 2.58. The first-order chi connectivity index (χ1) is 11.2. The van der Waals surface area contributed by atoms with Gasteiger partial charge >= 0.3 is 0 Å². The van der Waals surface area contributed by atoms with Crippen molar-refractivity contribution >= 4 is 29.6 Å². The van der Waals surface area contributed by atoms with Gasteiger partial charge in [0.15, 0.2) is 17.9 Å². The van der Waals surface area contributed by atoms with Crippen molar-refractivity contribution in [3.05, 3.63) is 47.8 Å². The van der Waals surface area contributed by atoms with Gasteiger partial charge in [-0.05, 0) is 61.2 Å². The lowest BCUT2D eigenvalue weighted by Crippen LogP contribution is -2.17. The Balaban J connectivity index is 1.66. The summed E-state index contributed by atoms with van der Waals surface area (Å²) in [5.41, 5.74) is 2.04. The highest BCUT2D eigenvalue weighted by Gasteiger charge is 2.12. The van der Waals surface area contributed by atoms with Crippen LogP contribution >= 0.6 is 11.9 Å². The number of anilines is 2. The third-order valence-corrected chi connectivity index (χ3v) is 4.63. The SMILES string of the molecule is O=Cc1cc(SNc2ccc(N3CCCC3)cc2)cc(F)c1O. The normalized spacial score (nSPS) is 14.0. The average Bonchev–Trinajstić information content (AvgIpc) is 3.11. The molecule has 6 heteroatoms. The van der Waals surface area contributed by atoms with Crippen LogP contribution in [0.25, 0.3) is 0 Å². The van der Waals surface area contributed by atoms with Crippen LogP contribution < -0.4 is 9.62 Å². The molecule has 2 aromatic rings. The van der Waals surface area contributed by atoms with Crippen LogP contribution in [0.15, 0.2) is 41.3 Å². The van der Waals surface area contributed by atoms with Gasteiger partial charge < -0.3 is 14.7 Å². The van der Waals surface area contributed by atoms with Gasteiger partial charge in [-0.25, -0.2) is 4.39 Å². The van der Waals surface area contributed by atoms with E-state index in [0.29, 0.717) is 11.2 Å². The van der Waals surface area contributed by atoms with Crippen LogP contribution in [0.4, 0.5) is 15.8 Å². The second kappa shape index (κ2) is 6.91. The molecular weight excluding hydrogens is 315 g/mol. The van der Waals surface area contributed by atoms with Gasteiger partial charge in [-0.15, -0.1) is 0 Å². The summed E-state index contributed by atoms with van der Waals surface area (Å²) in [4.78, 5) is 13.7. The number of hydrogen-bond donors (Lipinski definition) is 2. The number of nitrogens with zero attached hydrogens (tertiary/aromatic N) is 1. The third kappa shape index (κ3) is 3.59. The molecule has 2 N–H and O–H groups in total. The summed E-state index contributed by atoms with van der Waals surface area (Å²) in [7, 11) is 0. The average molecular weight is 332 g/mol. The van der Waals surface area contributed by atoms with Gasteiger partial charge in [0, 0.05) is 29.4 Å². The minimum Gasteiger partial charge on any atom is -0.504 e. The number of aromatic hydroxyl groups is 1. The lowest BCUT2D eigenvalue weighted by molar-refractivity contribution is 0.112. The van der Waals surface area contributed by atoms with Crippen molar-refractivity contribution < 1.29 is 14.3 Å². The molecule has 1 fully saturated rings. The van der Waals surface area contributed by atoms with Crippen LogP contribution in [0, 0.1) is 5.82 Å². The number of phenolic OH excluding ortho intramolecular Hbond substituents is 1. The molecule has 2 aromatic carbocycles. The maximum atomic E-state index is 13.5. The first-order valence-electron chi connectivity index (χ1n) is 7.43. The largest absolute Gasteiger partial charge is 0.504 e. The van der Waals surface area contributed by atoms with Crippen molar-refractivity contribution in [3.63, 3.8) is 0 Å². The summed E-state index contributed by atoms with van der Waals surface area (Å²) in [6.45, 7) is 2.20. The Kier molecular flexibility index (Phi) is 4.71. The quantitative estimate of drug-likeness (QED) is 0.639. The smallest absolute Gasteiger partial charge is 0.166 e. The Morgan fingerprint density at radius 2 is 1.87 bits per heavy atom. The minimum absolute atomic E-state index is 0.0568. The van der Waals surface area contributed by atoms with Crippen LogP contribution in [0.3, 0.4) is 0 Å². The lowest BCUT2D eigenvalue weighted by Gasteiger charge is -2.17. The number of hydrogen-bond acceptors (Lipinski definition) is 5. The molecule has 0 atom stereocenters. The van der Waals surface area contributed by atoms with Crippen LogP contribution in [0.1, 0.15) is 23.2 Å². The maximum absolute atomic E-state index is 13.5. The highest BCUT2D eigenvalue weighted by atomic mass is 32.2. The Hall–Kier alpha value is -2.21. The van der Waals surface area contributed by atoms with E-state index >= 15 is 0 Å². The number of rotatable bonds is 5. The number of carbonyl (C=O) groups is 1. The van der Waals surface area contributed by atoms with Gasteiger partial charge in [0.1, 0.15) is 0 Å². The zero-order chi connectivity index (χ0) is 16.2. The molecule has 1 heterocycles. The summed E-state index contributed by atoms with van der Waals surface area (Å²) in [5.74, 6) is -1.41. The molecule has 120 valence electrons. The maximum Gasteiger partial charge on any atom is 0.166 e. The van der Waals surface area contributed by atoms with Crippen molar-refractivity contribution in [1.29, 1.82) is 0 Å². The summed E-state index contributed by atoms with van der Waals surface area (Å²) in [5, 5.41) is 9.40. The van der Waals surface area contributed by atoms with Gasteiger partial charge in [0.2, 0.25) is 0 Å². The number of phenols is 1. The Morgan fingerprint density at radius 3 is 2.52 bits per heavy atom. The highest BCUT2D eigenvalue weighted by molar-refractivity contribution is 8.00. The van der Waals surface area contributed by atoms with Crippen molar-refractivity contribution in [3.8, 4) is 5.75 Å². The van der Waals surface area contributed by atoms with Gasteiger partial charge in [-0.2, -0.15) is 0 Å². The zero-order valence-corrected chi connectivity index (χ0v) is 13.3. The summed E-state index contributed by atoms with van der Waals surface area (Å²) in [6.07, 6.45) is 2.91. The summed E-state index contributed by atoms with van der Waals surface area (Å²) < 4.78 is 16.6. The Bertz CT molecular complexity index is 700. The molecule has 0 radical (unpaired) electrons. The van der Waals surface area contributed by atoms with Crippen molar-refractivity contribution in [2.75, 3.05) is 22.7 Å². The van der Waals surface area contributed by atoms with Gasteiger partial charge in [0.05, 0.1) is 5.56 Å². The van der Waals surface area contributed by atoms with Crippen molar-refractivity contribution in [1.82, 2.24) is 0 Å². The Labute approximate surface area is 138 Å². The summed E-state index contributed by atoms with van der Waals surface area (Å²) in [6, 6.07) is 10.7. The van der Waals surface area contributed by atoms with E-state index in [-0.39, 0.29) is 5.56 Å². The zero-order valence-electron chi connectivity index (χ0n) is 12.5. The van der Waals surface area contributed by atoms with Gasteiger partial charge in [-0.3, -0.25) is 4.79 Å². The number of nitrogens with one attached hydrogen (secondary N) is 1. The second-order valence-corrected chi connectivity index (χ2v) is 6.29. The molecule has 0 aliphatic carbocycles. The molecule has 1 saturated heterocycles. The van der Waals surface area contributed by atoms with E-state index in [1.54, 1.807) is 0 Å². The molecule has 1 aliphatic heterocycles. The van der Waals surface area contributed by atoms with E-state index in [1.165, 1.54) is 42.6 Å². The van der Waals surface area contributed by atoms with E-state index in [0.717, 1.165) is 18.8 Å². The standard InChI is InChI=1S/C17H17FN2O2S/c18-16-10-15(9-12(11-21)17(16)22)23-19-13-3-5-14(6-4-13)20-7-1-2-8-20/h3-6,9-11,19,22H,1-2,7-8H2. The third-order valence-electron chi connectivity index (χ3n) is 3.82. The van der Waals surface area contributed by atoms with E-state index in [2.05, 4.69) is 21.8 Å². The fraction of sp³-hybridized carbons (Fsp3) is 0.235. The predicted molar refractivity (Wildman–Crippen MR) is 90.8 cm³/mol. The van der Waals surface area contributed by atoms with Gasteiger partial charge in [0.25, 0.3) is 0 Å². The molecule has 23 heavy (non-hydrogen) atoms. The molecule has 1 aliphatic rings. The number of carbonyl (C=O) groups excluding carboxylic acids is 1. The molecule has 0 unspecified atom stereocenters. The molecule has 0 amide bonds. The molecule has 0 aromatic heterocycles. The van der Waals surface area contributed by atoms with Crippen molar-refractivity contribution in [2.24, 2.45) is 0 Å². The first kappa shape index (κ1) is 15.7. The van der Waals surface area contributed by atoms with Crippen LogP contribution in [-0.4, -0.2) is 24.5 Å².